The Bertz CT molecular complexity index is 586. The highest BCUT2D eigenvalue weighted by Crippen LogP contribution is 2.32. The average Bonchev–Trinajstić information content (AvgIpc) is 2.98. The fourth-order valence-corrected chi connectivity index (χ4v) is 5.12. The predicted molar refractivity (Wildman–Crippen MR) is 79.8 cm³/mol. The van der Waals surface area contributed by atoms with E-state index >= 15 is 0 Å². The molecule has 0 saturated heterocycles. The van der Waals surface area contributed by atoms with E-state index in [9.17, 15) is 13.2 Å². The van der Waals surface area contributed by atoms with Crippen molar-refractivity contribution >= 4 is 32.3 Å². The molecule has 0 aromatic carbocycles. The zero-order chi connectivity index (χ0) is 14.8. The van der Waals surface area contributed by atoms with E-state index in [-0.39, 0.29) is 11.9 Å². The normalized spacial score (nSPS) is 16.3. The van der Waals surface area contributed by atoms with Crippen molar-refractivity contribution in [2.45, 2.75) is 44.8 Å². The molecule has 0 radical (unpaired) electrons. The smallest absolute Gasteiger partial charge is 0.341 e. The van der Waals surface area contributed by atoms with E-state index in [0.717, 1.165) is 17.7 Å². The third-order valence-electron chi connectivity index (χ3n) is 3.33. The van der Waals surface area contributed by atoms with Crippen molar-refractivity contribution in [2.75, 3.05) is 11.3 Å². The molecule has 1 aliphatic rings. The van der Waals surface area contributed by atoms with Gasteiger partial charge in [-0.2, -0.15) is 0 Å². The molecule has 0 aliphatic heterocycles. The van der Waals surface area contributed by atoms with Gasteiger partial charge in [0.25, 0.3) is 0 Å². The maximum atomic E-state index is 12.3. The maximum Gasteiger partial charge on any atom is 0.341 e. The zero-order valence-corrected chi connectivity index (χ0v) is 13.3. The average molecular weight is 317 g/mol. The van der Waals surface area contributed by atoms with Crippen LogP contribution < -0.4 is 4.72 Å². The maximum absolute atomic E-state index is 12.3. The number of anilines is 1. The Hall–Kier alpha value is -1.08. The van der Waals surface area contributed by atoms with Gasteiger partial charge in [0.15, 0.2) is 0 Å². The van der Waals surface area contributed by atoms with Crippen LogP contribution in [-0.2, 0) is 14.8 Å². The summed E-state index contributed by atoms with van der Waals surface area (Å²) in [5, 5.41) is 0.0211. The number of nitrogens with one attached hydrogen (secondary N) is 1. The second kappa shape index (κ2) is 6.13. The fraction of sp³-hybridized carbons (Fsp3) is 0.615. The molecule has 0 unspecified atom stereocenters. The Balaban J connectivity index is 2.22. The minimum absolute atomic E-state index is 0.266. The molecular formula is C13H19NO4S2. The van der Waals surface area contributed by atoms with Crippen molar-refractivity contribution in [3.8, 4) is 0 Å². The van der Waals surface area contributed by atoms with Crippen molar-refractivity contribution in [1.82, 2.24) is 0 Å². The molecule has 1 fully saturated rings. The quantitative estimate of drug-likeness (QED) is 0.848. The lowest BCUT2D eigenvalue weighted by atomic mass is 10.3. The number of carbonyl (C=O) groups is 1. The van der Waals surface area contributed by atoms with Gasteiger partial charge in [-0.15, -0.1) is 11.3 Å². The highest BCUT2D eigenvalue weighted by molar-refractivity contribution is 7.93. The van der Waals surface area contributed by atoms with Crippen LogP contribution in [0.2, 0.25) is 0 Å². The van der Waals surface area contributed by atoms with Crippen LogP contribution in [0.1, 0.15) is 47.8 Å². The van der Waals surface area contributed by atoms with Crippen LogP contribution in [0.3, 0.4) is 0 Å². The Kier molecular flexibility index (Phi) is 4.70. The Morgan fingerprint density at radius 2 is 2.10 bits per heavy atom. The molecule has 1 aromatic rings. The molecule has 1 saturated carbocycles. The van der Waals surface area contributed by atoms with Crippen LogP contribution in [0.25, 0.3) is 0 Å². The Morgan fingerprint density at radius 3 is 2.70 bits per heavy atom. The van der Waals surface area contributed by atoms with E-state index in [1.165, 1.54) is 11.3 Å². The zero-order valence-electron chi connectivity index (χ0n) is 11.6. The third kappa shape index (κ3) is 3.32. The summed E-state index contributed by atoms with van der Waals surface area (Å²) in [6.45, 7) is 3.82. The monoisotopic (exact) mass is 317 g/mol. The highest BCUT2D eigenvalue weighted by atomic mass is 32.2. The summed E-state index contributed by atoms with van der Waals surface area (Å²) in [4.78, 5) is 12.7. The van der Waals surface area contributed by atoms with Gasteiger partial charge >= 0.3 is 5.97 Å². The van der Waals surface area contributed by atoms with Gasteiger partial charge in [-0.1, -0.05) is 12.8 Å². The number of sulfonamides is 1. The van der Waals surface area contributed by atoms with Gasteiger partial charge in [-0.25, -0.2) is 13.2 Å². The molecule has 20 heavy (non-hydrogen) atoms. The first kappa shape index (κ1) is 15.3. The molecule has 2 rings (SSSR count). The number of esters is 1. The van der Waals surface area contributed by atoms with Gasteiger partial charge in [-0.3, -0.25) is 4.72 Å². The van der Waals surface area contributed by atoms with Crippen molar-refractivity contribution in [2.24, 2.45) is 0 Å². The summed E-state index contributed by atoms with van der Waals surface area (Å²) >= 11 is 1.26. The standard InChI is InChI=1S/C13H19NO4S2/c1-3-18-13(15)11-8-9(2)19-12(11)14-20(16,17)10-6-4-5-7-10/h8,10,14H,3-7H2,1-2H3. The lowest BCUT2D eigenvalue weighted by Gasteiger charge is -2.13. The van der Waals surface area contributed by atoms with E-state index in [0.29, 0.717) is 23.4 Å². The largest absolute Gasteiger partial charge is 0.462 e. The fourth-order valence-electron chi connectivity index (χ4n) is 2.36. The predicted octanol–water partition coefficient (Wildman–Crippen LogP) is 2.92. The van der Waals surface area contributed by atoms with Gasteiger partial charge in [0.05, 0.1) is 17.4 Å². The van der Waals surface area contributed by atoms with Gasteiger partial charge in [-0.05, 0) is 32.8 Å². The topological polar surface area (TPSA) is 72.5 Å². The molecule has 5 nitrogen and oxygen atoms in total. The number of hydrogen-bond acceptors (Lipinski definition) is 5. The van der Waals surface area contributed by atoms with Crippen molar-refractivity contribution in [3.63, 3.8) is 0 Å². The molecular weight excluding hydrogens is 298 g/mol. The number of carbonyl (C=O) groups excluding carboxylic acids is 1. The first-order chi connectivity index (χ1) is 9.44. The lowest BCUT2D eigenvalue weighted by Crippen LogP contribution is -2.25. The van der Waals surface area contributed by atoms with Gasteiger partial charge in [0.2, 0.25) is 10.0 Å². The summed E-state index contributed by atoms with van der Waals surface area (Å²) in [6.07, 6.45) is 3.27. The van der Waals surface area contributed by atoms with Crippen LogP contribution >= 0.6 is 11.3 Å². The second-order valence-corrected chi connectivity index (χ2v) is 8.09. The summed E-state index contributed by atoms with van der Waals surface area (Å²) in [7, 11) is -3.42. The van der Waals surface area contributed by atoms with Crippen LogP contribution in [-0.4, -0.2) is 26.2 Å². The molecule has 7 heteroatoms. The highest BCUT2D eigenvalue weighted by Gasteiger charge is 2.30. The first-order valence-electron chi connectivity index (χ1n) is 6.73. The minimum Gasteiger partial charge on any atom is -0.462 e. The summed E-state index contributed by atoms with van der Waals surface area (Å²) in [5.41, 5.74) is 0.302. The van der Waals surface area contributed by atoms with Gasteiger partial charge in [0, 0.05) is 4.88 Å². The molecule has 0 amide bonds. The van der Waals surface area contributed by atoms with Crippen molar-refractivity contribution in [1.29, 1.82) is 0 Å². The number of thiophene rings is 1. The first-order valence-corrected chi connectivity index (χ1v) is 9.09. The number of hydrogen-bond donors (Lipinski definition) is 1. The molecule has 1 aromatic heterocycles. The summed E-state index contributed by atoms with van der Waals surface area (Å²) < 4.78 is 32.1. The molecule has 0 spiro atoms. The minimum atomic E-state index is -3.42. The molecule has 0 bridgehead atoms. The van der Waals surface area contributed by atoms with E-state index < -0.39 is 16.0 Å². The summed E-state index contributed by atoms with van der Waals surface area (Å²) in [6, 6.07) is 1.66. The molecule has 1 N–H and O–H groups in total. The van der Waals surface area contributed by atoms with Gasteiger partial charge < -0.3 is 4.74 Å². The van der Waals surface area contributed by atoms with Gasteiger partial charge in [0.1, 0.15) is 5.00 Å². The van der Waals surface area contributed by atoms with Crippen LogP contribution in [0.5, 0.6) is 0 Å². The summed E-state index contributed by atoms with van der Waals surface area (Å²) in [5.74, 6) is -0.485. The molecule has 0 atom stereocenters. The van der Waals surface area contributed by atoms with Crippen LogP contribution in [0.15, 0.2) is 6.07 Å². The van der Waals surface area contributed by atoms with Crippen molar-refractivity contribution in [3.05, 3.63) is 16.5 Å². The van der Waals surface area contributed by atoms with E-state index in [2.05, 4.69) is 4.72 Å². The number of aryl methyl sites for hydroxylation is 1. The SMILES string of the molecule is CCOC(=O)c1cc(C)sc1NS(=O)(=O)C1CCCC1. The van der Waals surface area contributed by atoms with Crippen LogP contribution in [0, 0.1) is 6.92 Å². The van der Waals surface area contributed by atoms with Crippen molar-refractivity contribution < 1.29 is 17.9 Å². The number of rotatable bonds is 5. The third-order valence-corrected chi connectivity index (χ3v) is 6.26. The van der Waals surface area contributed by atoms with E-state index in [4.69, 9.17) is 4.74 Å². The van der Waals surface area contributed by atoms with E-state index in [1.807, 2.05) is 6.92 Å². The van der Waals surface area contributed by atoms with E-state index in [1.54, 1.807) is 13.0 Å². The molecule has 1 aliphatic carbocycles. The Labute approximate surface area is 123 Å². The lowest BCUT2D eigenvalue weighted by molar-refractivity contribution is 0.0528. The van der Waals surface area contributed by atoms with Crippen LogP contribution in [0.4, 0.5) is 5.00 Å². The number of ether oxygens (including phenoxy) is 1. The Morgan fingerprint density at radius 1 is 1.45 bits per heavy atom. The molecule has 1 heterocycles. The second-order valence-electron chi connectivity index (χ2n) is 4.87. The molecule has 112 valence electrons.